The number of hydrogen-bond donors (Lipinski definition) is 5. The number of rotatable bonds is 2. The van der Waals surface area contributed by atoms with Crippen molar-refractivity contribution in [3.05, 3.63) is 148 Å². The molecule has 5 N–H and O–H groups in total. The molecule has 0 unspecified atom stereocenters. The number of aryl methyl sites for hydroxylation is 4. The maximum absolute atomic E-state index is 8.64. The van der Waals surface area contributed by atoms with Crippen molar-refractivity contribution in [2.75, 3.05) is 0 Å². The fourth-order valence-electron chi connectivity index (χ4n) is 5.65. The molecule has 0 bridgehead atoms. The molecule has 246 valence electrons. The third-order valence-corrected chi connectivity index (χ3v) is 8.53. The van der Waals surface area contributed by atoms with E-state index in [1.165, 1.54) is 44.1 Å². The summed E-state index contributed by atoms with van der Waals surface area (Å²) in [5.41, 5.74) is 14.0. The van der Waals surface area contributed by atoms with Crippen LogP contribution in [0.3, 0.4) is 0 Å². The van der Waals surface area contributed by atoms with Gasteiger partial charge in [0.15, 0.2) is 0 Å². The second-order valence-corrected chi connectivity index (χ2v) is 13.4. The molecule has 0 aliphatic heterocycles. The number of nitrogens with zero attached hydrogens (tertiary/aromatic N) is 1. The van der Waals surface area contributed by atoms with Crippen LogP contribution in [0.1, 0.15) is 53.3 Å². The molecular formula is C42H41BrN6. The summed E-state index contributed by atoms with van der Waals surface area (Å²) in [5.74, 6) is 0. The van der Waals surface area contributed by atoms with Crippen LogP contribution in [-0.4, -0.2) is 25.6 Å². The van der Waals surface area contributed by atoms with Crippen molar-refractivity contribution in [3.63, 3.8) is 0 Å². The van der Waals surface area contributed by atoms with Gasteiger partial charge in [0.2, 0.25) is 0 Å². The largest absolute Gasteiger partial charge is 0.359 e. The molecule has 0 spiro atoms. The van der Waals surface area contributed by atoms with Crippen LogP contribution < -0.4 is 0 Å². The van der Waals surface area contributed by atoms with E-state index in [1.807, 2.05) is 69.3 Å². The fourth-order valence-corrected chi connectivity index (χ4v) is 6.03. The molecule has 0 aliphatic rings. The zero-order valence-corrected chi connectivity index (χ0v) is 30.4. The minimum absolute atomic E-state index is 0.612. The van der Waals surface area contributed by atoms with Crippen molar-refractivity contribution >= 4 is 70.8 Å². The third-order valence-electron chi connectivity index (χ3n) is 8.04. The van der Waals surface area contributed by atoms with Crippen LogP contribution >= 0.6 is 15.9 Å². The van der Waals surface area contributed by atoms with Crippen LogP contribution in [-0.2, 0) is 0 Å². The molecule has 0 fully saturated rings. The van der Waals surface area contributed by atoms with E-state index in [0.29, 0.717) is 11.3 Å². The molecule has 0 saturated carbocycles. The summed E-state index contributed by atoms with van der Waals surface area (Å²) in [6, 6.07) is 34.8. The molecule has 4 aromatic carbocycles. The van der Waals surface area contributed by atoms with Crippen LogP contribution in [0.5, 0.6) is 0 Å². The Kier molecular flexibility index (Phi) is 10.7. The number of allylic oxidation sites excluding steroid dienone is 1. The third kappa shape index (κ3) is 8.86. The second kappa shape index (κ2) is 15.1. The number of hydrogen-bond acceptors (Lipinski definition) is 2. The lowest BCUT2D eigenvalue weighted by atomic mass is 10.1. The maximum atomic E-state index is 8.64. The fraction of sp³-hybridized carbons (Fsp3) is 0.143. The molecule has 0 amide bonds. The van der Waals surface area contributed by atoms with E-state index >= 15 is 0 Å². The molecule has 4 aromatic heterocycles. The number of H-pyrrole nitrogens is 4. The Morgan fingerprint density at radius 2 is 0.959 bits per heavy atom. The van der Waals surface area contributed by atoms with E-state index in [1.54, 1.807) is 6.92 Å². The molecule has 49 heavy (non-hydrogen) atoms. The number of aromatic nitrogens is 4. The predicted molar refractivity (Wildman–Crippen MR) is 212 cm³/mol. The van der Waals surface area contributed by atoms with Crippen LogP contribution in [0.15, 0.2) is 108 Å². The summed E-state index contributed by atoms with van der Waals surface area (Å²) in [6.45, 7) is 15.9. The minimum Gasteiger partial charge on any atom is -0.359 e. The maximum Gasteiger partial charge on any atom is 0.0991 e. The minimum atomic E-state index is 0.612. The van der Waals surface area contributed by atoms with Crippen LogP contribution in [0, 0.1) is 44.4 Å². The number of nitrogens with one attached hydrogen (secondary N) is 5. The highest BCUT2D eigenvalue weighted by Crippen LogP contribution is 2.22. The van der Waals surface area contributed by atoms with Crippen LogP contribution in [0.2, 0.25) is 0 Å². The van der Waals surface area contributed by atoms with Crippen molar-refractivity contribution in [2.45, 2.75) is 41.5 Å². The summed E-state index contributed by atoms with van der Waals surface area (Å²) in [4.78, 5) is 13.0. The highest BCUT2D eigenvalue weighted by Gasteiger charge is 2.01. The Balaban J connectivity index is 0.000000128. The van der Waals surface area contributed by atoms with E-state index in [-0.39, 0.29) is 0 Å². The summed E-state index contributed by atoms with van der Waals surface area (Å²) in [7, 11) is 0. The van der Waals surface area contributed by atoms with Gasteiger partial charge in [-0.2, -0.15) is 5.26 Å². The smallest absolute Gasteiger partial charge is 0.0991 e. The Morgan fingerprint density at radius 3 is 1.41 bits per heavy atom. The Bertz CT molecular complexity index is 2390. The summed E-state index contributed by atoms with van der Waals surface area (Å²) >= 11 is 3.43. The van der Waals surface area contributed by atoms with E-state index in [0.717, 1.165) is 43.4 Å². The second-order valence-electron chi connectivity index (χ2n) is 12.5. The first-order valence-corrected chi connectivity index (χ1v) is 16.8. The molecular weight excluding hydrogens is 668 g/mol. The van der Waals surface area contributed by atoms with Gasteiger partial charge in [-0.15, -0.1) is 0 Å². The first kappa shape index (κ1) is 34.7. The molecule has 0 aliphatic carbocycles. The lowest BCUT2D eigenvalue weighted by molar-refractivity contribution is 1.30. The summed E-state index contributed by atoms with van der Waals surface area (Å²) in [6.07, 6.45) is 0. The standard InChI is InChI=1S/C12H13N.C11H12N2.C10H8N2.C9H8BrN/c1-8(2)10-4-5-12-11(7-10)6-9(3)13-12;1-7-5-10-6-9(8(2)12)3-4-11(10)13-7;1-7-4-9-5-8(6-11)2-3-10(9)12-7;1-6-4-7-5-8(10)2-3-9(7)11-6/h4-7,13H,1H2,2-3H3;3-6,12-13H,1-2H3;2-5,12H,1H3;2-5,11H,1H3. The number of nitriles is 1. The number of benzene rings is 4. The topological polar surface area (TPSA) is 111 Å². The van der Waals surface area contributed by atoms with Gasteiger partial charge in [0.1, 0.15) is 0 Å². The molecule has 4 heterocycles. The van der Waals surface area contributed by atoms with Gasteiger partial charge in [0, 0.05) is 76.6 Å². The average molecular weight is 710 g/mol. The first-order valence-electron chi connectivity index (χ1n) is 16.0. The van der Waals surface area contributed by atoms with Gasteiger partial charge in [-0.3, -0.25) is 0 Å². The molecule has 0 atom stereocenters. The molecule has 0 saturated heterocycles. The van der Waals surface area contributed by atoms with Crippen molar-refractivity contribution in [1.29, 1.82) is 10.7 Å². The molecule has 8 aromatic rings. The van der Waals surface area contributed by atoms with Gasteiger partial charge in [-0.1, -0.05) is 40.2 Å². The lowest BCUT2D eigenvalue weighted by Gasteiger charge is -1.98. The van der Waals surface area contributed by atoms with Crippen LogP contribution in [0.25, 0.3) is 49.2 Å². The van der Waals surface area contributed by atoms with Gasteiger partial charge >= 0.3 is 0 Å². The summed E-state index contributed by atoms with van der Waals surface area (Å²) < 4.78 is 1.13. The van der Waals surface area contributed by atoms with Crippen molar-refractivity contribution in [2.24, 2.45) is 0 Å². The monoisotopic (exact) mass is 708 g/mol. The molecule has 6 nitrogen and oxygen atoms in total. The molecule has 0 radical (unpaired) electrons. The molecule has 8 rings (SSSR count). The lowest BCUT2D eigenvalue weighted by Crippen LogP contribution is -1.90. The Labute approximate surface area is 295 Å². The van der Waals surface area contributed by atoms with E-state index < -0.39 is 0 Å². The van der Waals surface area contributed by atoms with Crippen LogP contribution in [0.4, 0.5) is 0 Å². The Hall–Kier alpha value is -5.58. The van der Waals surface area contributed by atoms with E-state index in [2.05, 4.69) is 111 Å². The van der Waals surface area contributed by atoms with Crippen molar-refractivity contribution in [1.82, 2.24) is 19.9 Å². The number of halogens is 1. The predicted octanol–water partition coefficient (Wildman–Crippen LogP) is 12.0. The van der Waals surface area contributed by atoms with Crippen molar-refractivity contribution in [3.8, 4) is 6.07 Å². The van der Waals surface area contributed by atoms with Crippen molar-refractivity contribution < 1.29 is 0 Å². The average Bonchev–Trinajstić information content (AvgIpc) is 3.82. The normalized spacial score (nSPS) is 10.5. The van der Waals surface area contributed by atoms with Gasteiger partial charge in [-0.05, 0) is 138 Å². The Morgan fingerprint density at radius 1 is 0.571 bits per heavy atom. The van der Waals surface area contributed by atoms with E-state index in [9.17, 15) is 0 Å². The number of aromatic amines is 4. The van der Waals surface area contributed by atoms with Gasteiger partial charge in [0.05, 0.1) is 11.6 Å². The van der Waals surface area contributed by atoms with Gasteiger partial charge in [0.25, 0.3) is 0 Å². The molecule has 7 heteroatoms. The van der Waals surface area contributed by atoms with Gasteiger partial charge < -0.3 is 25.3 Å². The quantitative estimate of drug-likeness (QED) is 0.113. The highest BCUT2D eigenvalue weighted by atomic mass is 79.9. The first-order chi connectivity index (χ1) is 23.4. The zero-order valence-electron chi connectivity index (χ0n) is 28.8. The van der Waals surface area contributed by atoms with Gasteiger partial charge in [-0.25, -0.2) is 0 Å². The SMILES string of the molecule is C=C(C)c1ccc2[nH]c(C)cc2c1.CC(=N)c1ccc2[nH]c(C)cc2c1.Cc1cc2cc(Br)ccc2[nH]1.Cc1cc2cc(C#N)ccc2[nH]1. The van der Waals surface area contributed by atoms with E-state index in [4.69, 9.17) is 10.7 Å². The highest BCUT2D eigenvalue weighted by molar-refractivity contribution is 9.10. The summed E-state index contributed by atoms with van der Waals surface area (Å²) in [5, 5.41) is 21.0. The number of fused-ring (bicyclic) bond motifs is 4. The zero-order chi connectivity index (χ0) is 35.2.